The maximum atomic E-state index is 14.2. The zero-order valence-corrected chi connectivity index (χ0v) is 14.2. The molecule has 3 fully saturated rings. The quantitative estimate of drug-likeness (QED) is 0.869. The van der Waals surface area contributed by atoms with Gasteiger partial charge < -0.3 is 5.32 Å². The van der Waals surface area contributed by atoms with Crippen molar-refractivity contribution in [2.45, 2.75) is 49.7 Å². The molecule has 0 atom stereocenters. The zero-order chi connectivity index (χ0) is 17.6. The van der Waals surface area contributed by atoms with Gasteiger partial charge in [-0.05, 0) is 56.7 Å². The van der Waals surface area contributed by atoms with E-state index in [1.165, 1.54) is 6.07 Å². The van der Waals surface area contributed by atoms with Crippen LogP contribution in [0, 0.1) is 5.82 Å². The van der Waals surface area contributed by atoms with Crippen molar-refractivity contribution in [2.24, 2.45) is 0 Å². The molecule has 0 spiro atoms. The van der Waals surface area contributed by atoms with Gasteiger partial charge >= 0.3 is 0 Å². The van der Waals surface area contributed by atoms with Crippen molar-refractivity contribution in [3.8, 4) is 0 Å². The maximum absolute atomic E-state index is 14.2. The summed E-state index contributed by atoms with van der Waals surface area (Å²) in [4.78, 5) is 12.6. The van der Waals surface area contributed by atoms with Crippen LogP contribution in [0.3, 0.4) is 0 Å². The van der Waals surface area contributed by atoms with Crippen LogP contribution in [0.2, 0.25) is 0 Å². The Morgan fingerprint density at radius 3 is 2.25 bits per heavy atom. The molecular weight excluding hydrogens is 338 g/mol. The van der Waals surface area contributed by atoms with Gasteiger partial charge in [0, 0.05) is 5.54 Å². The van der Waals surface area contributed by atoms with Gasteiger partial charge in [0.2, 0.25) is 10.0 Å². The van der Waals surface area contributed by atoms with Crippen molar-refractivity contribution in [3.63, 3.8) is 0 Å². The van der Waals surface area contributed by atoms with Crippen molar-refractivity contribution < 1.29 is 22.0 Å². The molecule has 132 valence electrons. The molecule has 0 unspecified atom stereocenters. The van der Waals surface area contributed by atoms with Crippen LogP contribution in [0.1, 0.15) is 48.9 Å². The lowest BCUT2D eigenvalue weighted by molar-refractivity contribution is -0.00649. The van der Waals surface area contributed by atoms with Crippen molar-refractivity contribution in [2.75, 3.05) is 11.0 Å². The van der Waals surface area contributed by atoms with E-state index in [-0.39, 0.29) is 11.3 Å². The Labute approximate surface area is 139 Å². The first-order valence-corrected chi connectivity index (χ1v) is 9.78. The van der Waals surface area contributed by atoms with Crippen LogP contribution in [0.15, 0.2) is 18.2 Å². The third-order valence-corrected chi connectivity index (χ3v) is 5.65. The average Bonchev–Trinajstić information content (AvgIpc) is 2.47. The number of hydrogen-bond acceptors (Lipinski definition) is 3. The molecule has 1 aromatic carbocycles. The minimum Gasteiger partial charge on any atom is -0.347 e. The highest BCUT2D eigenvalue weighted by molar-refractivity contribution is 7.92. The SMILES string of the molecule is CS(=O)(=O)Nc1cc(F)ccc1C(=O)NC12CCC(F)(CC1)CC2. The van der Waals surface area contributed by atoms with Gasteiger partial charge in [0.15, 0.2) is 0 Å². The molecule has 4 rings (SSSR count). The Balaban J connectivity index is 1.83. The summed E-state index contributed by atoms with van der Waals surface area (Å²) in [6.45, 7) is 0. The number of anilines is 1. The van der Waals surface area contributed by atoms with Gasteiger partial charge in [0.1, 0.15) is 11.5 Å². The van der Waals surface area contributed by atoms with E-state index < -0.39 is 33.0 Å². The molecule has 3 aliphatic carbocycles. The lowest BCUT2D eigenvalue weighted by Gasteiger charge is -2.50. The van der Waals surface area contributed by atoms with Gasteiger partial charge in [-0.25, -0.2) is 17.2 Å². The molecule has 2 N–H and O–H groups in total. The smallest absolute Gasteiger partial charge is 0.253 e. The summed E-state index contributed by atoms with van der Waals surface area (Å²) in [6, 6.07) is 3.33. The third kappa shape index (κ3) is 3.53. The first-order valence-electron chi connectivity index (χ1n) is 7.89. The van der Waals surface area contributed by atoms with E-state index in [0.717, 1.165) is 18.4 Å². The Morgan fingerprint density at radius 2 is 1.71 bits per heavy atom. The number of fused-ring (bicyclic) bond motifs is 3. The number of nitrogens with one attached hydrogen (secondary N) is 2. The fourth-order valence-corrected chi connectivity index (χ4v) is 4.20. The first-order chi connectivity index (χ1) is 11.1. The van der Waals surface area contributed by atoms with E-state index in [0.29, 0.717) is 38.5 Å². The summed E-state index contributed by atoms with van der Waals surface area (Å²) in [5.74, 6) is -1.12. The van der Waals surface area contributed by atoms with Crippen LogP contribution in [-0.2, 0) is 10.0 Å². The lowest BCUT2D eigenvalue weighted by atomic mass is 9.64. The van der Waals surface area contributed by atoms with Crippen LogP contribution in [0.5, 0.6) is 0 Å². The van der Waals surface area contributed by atoms with Crippen LogP contribution in [0.4, 0.5) is 14.5 Å². The summed E-state index contributed by atoms with van der Waals surface area (Å²) >= 11 is 0. The lowest BCUT2D eigenvalue weighted by Crippen LogP contribution is -2.57. The predicted octanol–water partition coefficient (Wildman–Crippen LogP) is 2.74. The van der Waals surface area contributed by atoms with Crippen molar-refractivity contribution in [3.05, 3.63) is 29.6 Å². The second-order valence-electron chi connectivity index (χ2n) is 6.95. The van der Waals surface area contributed by atoms with E-state index in [9.17, 15) is 22.0 Å². The highest BCUT2D eigenvalue weighted by atomic mass is 32.2. The summed E-state index contributed by atoms with van der Waals surface area (Å²) in [5.41, 5.74) is -1.61. The monoisotopic (exact) mass is 358 g/mol. The Hall–Kier alpha value is -1.70. The maximum Gasteiger partial charge on any atom is 0.253 e. The van der Waals surface area contributed by atoms with E-state index in [4.69, 9.17) is 0 Å². The zero-order valence-electron chi connectivity index (χ0n) is 13.4. The minimum absolute atomic E-state index is 0.0545. The van der Waals surface area contributed by atoms with Crippen LogP contribution in [0.25, 0.3) is 0 Å². The molecule has 1 aromatic rings. The second kappa shape index (κ2) is 5.68. The Bertz CT molecular complexity index is 755. The molecule has 0 radical (unpaired) electrons. The number of carbonyl (C=O) groups is 1. The molecule has 5 nitrogen and oxygen atoms in total. The highest BCUT2D eigenvalue weighted by Gasteiger charge is 2.49. The summed E-state index contributed by atoms with van der Waals surface area (Å²) in [7, 11) is -3.65. The number of carbonyl (C=O) groups excluding carboxylic acids is 1. The molecule has 0 aromatic heterocycles. The standard InChI is InChI=1S/C16H20F2N2O3S/c1-24(22,23)20-13-10-11(17)2-3-12(13)14(21)19-16-7-4-15(18,5-8-16)6-9-16/h2-3,10,20H,4-9H2,1H3,(H,19,21). The molecule has 0 aliphatic heterocycles. The second-order valence-corrected chi connectivity index (χ2v) is 8.70. The van der Waals surface area contributed by atoms with Gasteiger partial charge in [-0.15, -0.1) is 0 Å². The van der Waals surface area contributed by atoms with Crippen molar-refractivity contribution in [1.29, 1.82) is 0 Å². The fraction of sp³-hybridized carbons (Fsp3) is 0.562. The number of sulfonamides is 1. The number of alkyl halides is 1. The number of halogens is 2. The largest absolute Gasteiger partial charge is 0.347 e. The van der Waals surface area contributed by atoms with Gasteiger partial charge in [-0.1, -0.05) is 0 Å². The molecule has 3 saturated carbocycles. The molecule has 3 aliphatic rings. The molecule has 1 amide bonds. The van der Waals surface area contributed by atoms with Crippen molar-refractivity contribution in [1.82, 2.24) is 5.32 Å². The van der Waals surface area contributed by atoms with Gasteiger partial charge in [-0.2, -0.15) is 0 Å². The van der Waals surface area contributed by atoms with E-state index >= 15 is 0 Å². The average molecular weight is 358 g/mol. The summed E-state index contributed by atoms with van der Waals surface area (Å²) in [6.07, 6.45) is 3.88. The molecule has 8 heteroatoms. The van der Waals surface area contributed by atoms with Crippen LogP contribution in [-0.4, -0.2) is 31.8 Å². The van der Waals surface area contributed by atoms with E-state index in [1.807, 2.05) is 0 Å². The molecule has 2 bridgehead atoms. The minimum atomic E-state index is -3.65. The van der Waals surface area contributed by atoms with Gasteiger partial charge in [-0.3, -0.25) is 9.52 Å². The number of amides is 1. The van der Waals surface area contributed by atoms with E-state index in [1.54, 1.807) is 0 Å². The Kier molecular flexibility index (Phi) is 4.06. The number of rotatable bonds is 4. The van der Waals surface area contributed by atoms with Gasteiger partial charge in [0.25, 0.3) is 5.91 Å². The summed E-state index contributed by atoms with van der Waals surface area (Å²) in [5, 5.41) is 2.94. The van der Waals surface area contributed by atoms with E-state index in [2.05, 4.69) is 10.0 Å². The molecular formula is C16H20F2N2O3S. The molecule has 0 heterocycles. The van der Waals surface area contributed by atoms with Crippen LogP contribution >= 0.6 is 0 Å². The normalized spacial score (nSPS) is 29.3. The van der Waals surface area contributed by atoms with Crippen molar-refractivity contribution >= 4 is 21.6 Å². The number of hydrogen-bond donors (Lipinski definition) is 2. The topological polar surface area (TPSA) is 75.3 Å². The predicted molar refractivity (Wildman–Crippen MR) is 86.6 cm³/mol. The first kappa shape index (κ1) is 17.1. The fourth-order valence-electron chi connectivity index (χ4n) is 3.63. The Morgan fingerprint density at radius 1 is 1.12 bits per heavy atom. The van der Waals surface area contributed by atoms with Crippen LogP contribution < -0.4 is 10.0 Å². The van der Waals surface area contributed by atoms with Gasteiger partial charge in [0.05, 0.1) is 17.5 Å². The molecule has 0 saturated heterocycles. The highest BCUT2D eigenvalue weighted by Crippen LogP contribution is 2.49. The summed E-state index contributed by atoms with van der Waals surface area (Å²) < 4.78 is 52.7. The molecule has 24 heavy (non-hydrogen) atoms. The third-order valence-electron chi connectivity index (χ3n) is 5.06. The number of benzene rings is 1.